The first-order valence-electron chi connectivity index (χ1n) is 9.39. The van der Waals surface area contributed by atoms with Gasteiger partial charge in [0, 0.05) is 18.3 Å². The van der Waals surface area contributed by atoms with Crippen molar-refractivity contribution < 1.29 is 4.74 Å². The van der Waals surface area contributed by atoms with Gasteiger partial charge in [0.2, 0.25) is 0 Å². The van der Waals surface area contributed by atoms with E-state index in [2.05, 4.69) is 41.6 Å². The predicted molar refractivity (Wildman–Crippen MR) is 121 cm³/mol. The van der Waals surface area contributed by atoms with Crippen LogP contribution >= 0.6 is 24.0 Å². The summed E-state index contributed by atoms with van der Waals surface area (Å²) in [5.41, 5.74) is 3.32. The predicted octanol–water partition coefficient (Wildman–Crippen LogP) is 4.05. The number of hydrogen-bond acceptors (Lipinski definition) is 3. The topological polar surface area (TPSA) is 58.5 Å². The molecule has 1 aromatic carbocycles. The Bertz CT molecular complexity index is 746. The van der Waals surface area contributed by atoms with Gasteiger partial charge in [-0.05, 0) is 50.3 Å². The first-order chi connectivity index (χ1) is 12.8. The van der Waals surface area contributed by atoms with Crippen molar-refractivity contribution in [1.29, 1.82) is 0 Å². The molecule has 0 amide bonds. The van der Waals surface area contributed by atoms with Crippen LogP contribution in [0, 0.1) is 12.8 Å². The van der Waals surface area contributed by atoms with Crippen LogP contribution in [0.3, 0.4) is 0 Å². The number of rotatable bonds is 8. The fraction of sp³-hybridized carbons (Fsp3) is 0.429. The fourth-order valence-corrected chi connectivity index (χ4v) is 2.64. The van der Waals surface area contributed by atoms with Crippen LogP contribution in [-0.4, -0.2) is 24.1 Å². The summed E-state index contributed by atoms with van der Waals surface area (Å²) in [6.07, 6.45) is 4.41. The van der Waals surface area contributed by atoms with Gasteiger partial charge in [-0.3, -0.25) is 4.98 Å². The minimum Gasteiger partial charge on any atom is -0.493 e. The number of aryl methyl sites for hydroxylation is 1. The number of pyridine rings is 1. The van der Waals surface area contributed by atoms with Crippen molar-refractivity contribution >= 4 is 29.9 Å². The summed E-state index contributed by atoms with van der Waals surface area (Å²) in [6, 6.07) is 12.2. The van der Waals surface area contributed by atoms with E-state index in [0.29, 0.717) is 13.1 Å². The summed E-state index contributed by atoms with van der Waals surface area (Å²) in [7, 11) is 0. The van der Waals surface area contributed by atoms with Crippen molar-refractivity contribution in [1.82, 2.24) is 15.6 Å². The van der Waals surface area contributed by atoms with Crippen LogP contribution in [0.2, 0.25) is 0 Å². The van der Waals surface area contributed by atoms with Crippen molar-refractivity contribution in [2.24, 2.45) is 10.9 Å². The van der Waals surface area contributed by atoms with Crippen LogP contribution in [0.5, 0.6) is 5.75 Å². The third kappa shape index (κ3) is 7.01. The molecule has 2 N–H and O–H groups in total. The third-order valence-corrected chi connectivity index (χ3v) is 4.44. The molecule has 146 valence electrons. The number of nitrogens with zero attached hydrogens (tertiary/aromatic N) is 2. The van der Waals surface area contributed by atoms with Crippen LogP contribution < -0.4 is 15.4 Å². The number of halogens is 1. The first kappa shape index (κ1) is 21.5. The van der Waals surface area contributed by atoms with Gasteiger partial charge in [0.25, 0.3) is 0 Å². The summed E-state index contributed by atoms with van der Waals surface area (Å²) >= 11 is 0. The van der Waals surface area contributed by atoms with E-state index >= 15 is 0 Å². The molecular formula is C21H29IN4O. The van der Waals surface area contributed by atoms with Gasteiger partial charge in [-0.25, -0.2) is 4.99 Å². The molecule has 6 heteroatoms. The van der Waals surface area contributed by atoms with Crippen LogP contribution in [0.4, 0.5) is 0 Å². The molecule has 2 aromatic rings. The molecule has 1 aromatic heterocycles. The number of aliphatic imine (C=N–C) groups is 1. The molecule has 1 fully saturated rings. The van der Waals surface area contributed by atoms with E-state index in [1.807, 2.05) is 30.5 Å². The standard InChI is InChI=1S/C21H28N4O.HI/c1-3-22-21(25-14-19-16(2)7-6-12-23-19)24-13-18-8-4-5-9-20(18)26-15-17-10-11-17;/h4-9,12,17H,3,10-11,13-15H2,1-2H3,(H2,22,24,25);1H. The SMILES string of the molecule is CCNC(=NCc1ccccc1OCC1CC1)NCc1ncccc1C.I. The zero-order valence-corrected chi connectivity index (χ0v) is 18.4. The zero-order valence-electron chi connectivity index (χ0n) is 16.1. The lowest BCUT2D eigenvalue weighted by Crippen LogP contribution is -2.37. The van der Waals surface area contributed by atoms with E-state index < -0.39 is 0 Å². The molecule has 0 saturated heterocycles. The van der Waals surface area contributed by atoms with Gasteiger partial charge < -0.3 is 15.4 Å². The molecule has 1 aliphatic rings. The number of para-hydroxylation sites is 1. The Hall–Kier alpha value is -1.83. The molecule has 5 nitrogen and oxygen atoms in total. The fourth-order valence-electron chi connectivity index (χ4n) is 2.64. The molecule has 0 aliphatic heterocycles. The van der Waals surface area contributed by atoms with Crippen molar-refractivity contribution in [3.8, 4) is 5.75 Å². The van der Waals surface area contributed by atoms with E-state index in [9.17, 15) is 0 Å². The summed E-state index contributed by atoms with van der Waals surface area (Å²) < 4.78 is 5.98. The van der Waals surface area contributed by atoms with E-state index in [4.69, 9.17) is 9.73 Å². The normalized spacial score (nSPS) is 13.6. The van der Waals surface area contributed by atoms with Crippen molar-refractivity contribution in [3.05, 3.63) is 59.4 Å². The number of ether oxygens (including phenoxy) is 1. The lowest BCUT2D eigenvalue weighted by Gasteiger charge is -2.13. The minimum absolute atomic E-state index is 0. The second-order valence-electron chi connectivity index (χ2n) is 6.68. The molecule has 0 atom stereocenters. The van der Waals surface area contributed by atoms with E-state index in [-0.39, 0.29) is 24.0 Å². The summed E-state index contributed by atoms with van der Waals surface area (Å²) in [5.74, 6) is 2.47. The molecule has 0 unspecified atom stereocenters. The van der Waals surface area contributed by atoms with Crippen molar-refractivity contribution in [2.75, 3.05) is 13.2 Å². The highest BCUT2D eigenvalue weighted by Crippen LogP contribution is 2.30. The maximum atomic E-state index is 5.98. The molecule has 0 spiro atoms. The Kier molecular flexibility index (Phi) is 8.84. The summed E-state index contributed by atoms with van der Waals surface area (Å²) in [5, 5.41) is 6.66. The summed E-state index contributed by atoms with van der Waals surface area (Å²) in [4.78, 5) is 9.14. The monoisotopic (exact) mass is 480 g/mol. The van der Waals surface area contributed by atoms with E-state index in [1.165, 1.54) is 18.4 Å². The number of benzene rings is 1. The van der Waals surface area contributed by atoms with Crippen LogP contribution in [0.1, 0.15) is 36.6 Å². The Morgan fingerprint density at radius 3 is 2.74 bits per heavy atom. The quantitative estimate of drug-likeness (QED) is 0.340. The van der Waals surface area contributed by atoms with Crippen LogP contribution in [-0.2, 0) is 13.1 Å². The van der Waals surface area contributed by atoms with Gasteiger partial charge in [0.1, 0.15) is 5.75 Å². The Morgan fingerprint density at radius 2 is 2.00 bits per heavy atom. The second kappa shape index (κ2) is 11.1. The van der Waals surface area contributed by atoms with Gasteiger partial charge in [-0.15, -0.1) is 24.0 Å². The van der Waals surface area contributed by atoms with E-state index in [1.54, 1.807) is 0 Å². The van der Waals surface area contributed by atoms with E-state index in [0.717, 1.165) is 42.0 Å². The highest BCUT2D eigenvalue weighted by Gasteiger charge is 2.22. The third-order valence-electron chi connectivity index (χ3n) is 4.44. The molecule has 1 aliphatic carbocycles. The average Bonchev–Trinajstić information content (AvgIpc) is 3.48. The number of hydrogen-bond donors (Lipinski definition) is 2. The highest BCUT2D eigenvalue weighted by atomic mass is 127. The molecule has 1 heterocycles. The maximum Gasteiger partial charge on any atom is 0.191 e. The van der Waals surface area contributed by atoms with Crippen molar-refractivity contribution in [2.45, 2.75) is 39.8 Å². The lowest BCUT2D eigenvalue weighted by molar-refractivity contribution is 0.297. The van der Waals surface area contributed by atoms with Gasteiger partial charge in [0.05, 0.1) is 25.4 Å². The number of aromatic nitrogens is 1. The average molecular weight is 480 g/mol. The van der Waals surface area contributed by atoms with Crippen LogP contribution in [0.25, 0.3) is 0 Å². The lowest BCUT2D eigenvalue weighted by atomic mass is 10.2. The molecule has 0 radical (unpaired) electrons. The minimum atomic E-state index is 0. The van der Waals surface area contributed by atoms with Gasteiger partial charge in [-0.1, -0.05) is 24.3 Å². The Balaban J connectivity index is 0.00000261. The van der Waals surface area contributed by atoms with Gasteiger partial charge in [-0.2, -0.15) is 0 Å². The Morgan fingerprint density at radius 1 is 1.19 bits per heavy atom. The second-order valence-corrected chi connectivity index (χ2v) is 6.68. The van der Waals surface area contributed by atoms with Gasteiger partial charge >= 0.3 is 0 Å². The largest absolute Gasteiger partial charge is 0.493 e. The Labute approximate surface area is 179 Å². The number of nitrogens with one attached hydrogen (secondary N) is 2. The first-order valence-corrected chi connectivity index (χ1v) is 9.39. The molecule has 27 heavy (non-hydrogen) atoms. The smallest absolute Gasteiger partial charge is 0.191 e. The zero-order chi connectivity index (χ0) is 18.2. The molecule has 1 saturated carbocycles. The van der Waals surface area contributed by atoms with Crippen LogP contribution in [0.15, 0.2) is 47.6 Å². The molecule has 0 bridgehead atoms. The van der Waals surface area contributed by atoms with Crippen molar-refractivity contribution in [3.63, 3.8) is 0 Å². The molecular weight excluding hydrogens is 451 g/mol. The number of guanidine groups is 1. The molecule has 3 rings (SSSR count). The highest BCUT2D eigenvalue weighted by molar-refractivity contribution is 14.0. The van der Waals surface area contributed by atoms with Gasteiger partial charge in [0.15, 0.2) is 5.96 Å². The summed E-state index contributed by atoms with van der Waals surface area (Å²) in [6.45, 7) is 7.00. The maximum absolute atomic E-state index is 5.98.